The number of nitrogens with one attached hydrogen (secondary N) is 1. The van der Waals surface area contributed by atoms with Gasteiger partial charge in [0.25, 0.3) is 0 Å². The van der Waals surface area contributed by atoms with Crippen molar-refractivity contribution < 1.29 is 18.8 Å². The molecule has 4 rings (SSSR count). The highest BCUT2D eigenvalue weighted by atomic mass is 35.5. The number of likely N-dealkylation sites (tertiary alicyclic amines) is 1. The van der Waals surface area contributed by atoms with Crippen LogP contribution in [-0.2, 0) is 4.74 Å². The van der Waals surface area contributed by atoms with Gasteiger partial charge in [-0.25, -0.2) is 9.59 Å². The molecule has 3 aromatic rings. The number of urea groups is 1. The SMILES string of the molecule is CCOC(=O)c1ccc(NC(=O)N2CCC(c3nc(-c4ccc(Cl)cc4)no3)CC2)cc1. The van der Waals surface area contributed by atoms with Crippen LogP contribution in [0.25, 0.3) is 11.4 Å². The molecule has 32 heavy (non-hydrogen) atoms. The predicted octanol–water partition coefficient (Wildman–Crippen LogP) is 4.98. The summed E-state index contributed by atoms with van der Waals surface area (Å²) in [6.45, 7) is 3.23. The minimum atomic E-state index is -0.382. The van der Waals surface area contributed by atoms with E-state index in [9.17, 15) is 9.59 Å². The average molecular weight is 455 g/mol. The summed E-state index contributed by atoms with van der Waals surface area (Å²) >= 11 is 5.93. The first-order chi connectivity index (χ1) is 15.5. The number of anilines is 1. The minimum absolute atomic E-state index is 0.108. The van der Waals surface area contributed by atoms with Crippen molar-refractivity contribution in [2.24, 2.45) is 0 Å². The van der Waals surface area contributed by atoms with Crippen molar-refractivity contribution in [3.63, 3.8) is 0 Å². The Morgan fingerprint density at radius 3 is 2.47 bits per heavy atom. The van der Waals surface area contributed by atoms with Gasteiger partial charge in [0.05, 0.1) is 12.2 Å². The third-order valence-electron chi connectivity index (χ3n) is 5.32. The molecule has 2 amide bonds. The lowest BCUT2D eigenvalue weighted by Crippen LogP contribution is -2.40. The number of rotatable bonds is 5. The number of halogens is 1. The van der Waals surface area contributed by atoms with Crippen LogP contribution in [0.15, 0.2) is 53.1 Å². The molecule has 1 fully saturated rings. The van der Waals surface area contributed by atoms with E-state index in [-0.39, 0.29) is 17.9 Å². The second-order valence-corrected chi connectivity index (χ2v) is 7.89. The van der Waals surface area contributed by atoms with E-state index in [1.54, 1.807) is 48.2 Å². The van der Waals surface area contributed by atoms with Gasteiger partial charge in [-0.3, -0.25) is 0 Å². The lowest BCUT2D eigenvalue weighted by atomic mass is 9.97. The monoisotopic (exact) mass is 454 g/mol. The Bertz CT molecular complexity index is 1070. The van der Waals surface area contributed by atoms with E-state index < -0.39 is 0 Å². The summed E-state index contributed by atoms with van der Waals surface area (Å²) in [5.74, 6) is 0.844. The van der Waals surface area contributed by atoms with Crippen LogP contribution in [0.1, 0.15) is 41.9 Å². The maximum atomic E-state index is 12.6. The molecular formula is C23H23ClN4O4. The lowest BCUT2D eigenvalue weighted by Gasteiger charge is -2.30. The van der Waals surface area contributed by atoms with Crippen LogP contribution in [0.2, 0.25) is 5.02 Å². The molecule has 0 bridgehead atoms. The van der Waals surface area contributed by atoms with Crippen molar-refractivity contribution >= 4 is 29.3 Å². The normalized spacial score (nSPS) is 14.2. The highest BCUT2D eigenvalue weighted by Gasteiger charge is 2.27. The van der Waals surface area contributed by atoms with Crippen LogP contribution >= 0.6 is 11.6 Å². The first kappa shape index (κ1) is 21.8. The zero-order chi connectivity index (χ0) is 22.5. The number of piperidine rings is 1. The van der Waals surface area contributed by atoms with Gasteiger partial charge in [-0.1, -0.05) is 16.8 Å². The lowest BCUT2D eigenvalue weighted by molar-refractivity contribution is 0.0526. The summed E-state index contributed by atoms with van der Waals surface area (Å²) in [6.07, 6.45) is 1.47. The number of carbonyl (C=O) groups excluding carboxylic acids is 2. The molecule has 2 aromatic carbocycles. The average Bonchev–Trinajstić information content (AvgIpc) is 3.30. The number of esters is 1. The minimum Gasteiger partial charge on any atom is -0.462 e. The molecule has 0 aliphatic carbocycles. The molecule has 0 saturated carbocycles. The van der Waals surface area contributed by atoms with Crippen LogP contribution in [0.3, 0.4) is 0 Å². The van der Waals surface area contributed by atoms with E-state index in [4.69, 9.17) is 20.9 Å². The third kappa shape index (κ3) is 5.08. The van der Waals surface area contributed by atoms with Gasteiger partial charge in [0.1, 0.15) is 0 Å². The molecule has 0 atom stereocenters. The number of nitrogens with zero attached hydrogens (tertiary/aromatic N) is 3. The molecule has 0 radical (unpaired) electrons. The number of carbonyl (C=O) groups is 2. The van der Waals surface area contributed by atoms with Crippen LogP contribution in [0.5, 0.6) is 0 Å². The van der Waals surface area contributed by atoms with E-state index in [1.807, 2.05) is 12.1 Å². The van der Waals surface area contributed by atoms with Gasteiger partial charge in [-0.2, -0.15) is 4.98 Å². The Hall–Kier alpha value is -3.39. The summed E-state index contributed by atoms with van der Waals surface area (Å²) in [6, 6.07) is 13.7. The number of amides is 2. The first-order valence-corrected chi connectivity index (χ1v) is 10.8. The van der Waals surface area contributed by atoms with Gasteiger partial charge in [0.2, 0.25) is 11.7 Å². The van der Waals surface area contributed by atoms with Crippen molar-refractivity contribution in [1.82, 2.24) is 15.0 Å². The molecule has 166 valence electrons. The van der Waals surface area contributed by atoms with Gasteiger partial charge in [-0.05, 0) is 68.3 Å². The Morgan fingerprint density at radius 1 is 1.12 bits per heavy atom. The molecule has 1 saturated heterocycles. The Morgan fingerprint density at radius 2 is 1.81 bits per heavy atom. The van der Waals surface area contributed by atoms with Crippen LogP contribution in [0.4, 0.5) is 10.5 Å². The van der Waals surface area contributed by atoms with Crippen LogP contribution in [-0.4, -0.2) is 46.7 Å². The number of benzene rings is 2. The second-order valence-electron chi connectivity index (χ2n) is 7.45. The van der Waals surface area contributed by atoms with Crippen molar-refractivity contribution in [2.45, 2.75) is 25.7 Å². The molecule has 1 aromatic heterocycles. The molecule has 0 spiro atoms. The Labute approximate surface area is 190 Å². The highest BCUT2D eigenvalue weighted by Crippen LogP contribution is 2.29. The zero-order valence-corrected chi connectivity index (χ0v) is 18.3. The van der Waals surface area contributed by atoms with Crippen molar-refractivity contribution in [2.75, 3.05) is 25.0 Å². The largest absolute Gasteiger partial charge is 0.462 e. The molecular weight excluding hydrogens is 432 g/mol. The van der Waals surface area contributed by atoms with E-state index in [1.165, 1.54) is 0 Å². The van der Waals surface area contributed by atoms with Crippen molar-refractivity contribution in [1.29, 1.82) is 0 Å². The summed E-state index contributed by atoms with van der Waals surface area (Å²) in [5.41, 5.74) is 1.91. The Balaban J connectivity index is 1.30. The van der Waals surface area contributed by atoms with Crippen LogP contribution in [0, 0.1) is 0 Å². The quantitative estimate of drug-likeness (QED) is 0.546. The highest BCUT2D eigenvalue weighted by molar-refractivity contribution is 6.30. The van der Waals surface area contributed by atoms with Gasteiger partial charge in [0, 0.05) is 35.3 Å². The van der Waals surface area contributed by atoms with Gasteiger partial charge < -0.3 is 19.5 Å². The molecule has 1 aliphatic heterocycles. The molecule has 2 heterocycles. The Kier molecular flexibility index (Phi) is 6.70. The van der Waals surface area contributed by atoms with Gasteiger partial charge in [-0.15, -0.1) is 0 Å². The number of aromatic nitrogens is 2. The third-order valence-corrected chi connectivity index (χ3v) is 5.57. The molecule has 8 nitrogen and oxygen atoms in total. The maximum Gasteiger partial charge on any atom is 0.338 e. The van der Waals surface area contributed by atoms with E-state index in [0.717, 1.165) is 18.4 Å². The maximum absolute atomic E-state index is 12.6. The van der Waals surface area contributed by atoms with Crippen LogP contribution < -0.4 is 5.32 Å². The molecule has 0 unspecified atom stereocenters. The fraction of sp³-hybridized carbons (Fsp3) is 0.304. The summed E-state index contributed by atoms with van der Waals surface area (Å²) in [7, 11) is 0. The van der Waals surface area contributed by atoms with Crippen molar-refractivity contribution in [3.05, 3.63) is 65.0 Å². The molecule has 9 heteroatoms. The van der Waals surface area contributed by atoms with Crippen molar-refractivity contribution in [3.8, 4) is 11.4 Å². The fourth-order valence-corrected chi connectivity index (χ4v) is 3.68. The second kappa shape index (κ2) is 9.82. The number of hydrogen-bond acceptors (Lipinski definition) is 6. The summed E-state index contributed by atoms with van der Waals surface area (Å²) < 4.78 is 10.4. The van der Waals surface area contributed by atoms with E-state index in [2.05, 4.69) is 15.5 Å². The van der Waals surface area contributed by atoms with Gasteiger partial charge >= 0.3 is 12.0 Å². The number of hydrogen-bond donors (Lipinski definition) is 1. The fourth-order valence-electron chi connectivity index (χ4n) is 3.55. The summed E-state index contributed by atoms with van der Waals surface area (Å²) in [5, 5.41) is 7.60. The number of ether oxygens (including phenoxy) is 1. The summed E-state index contributed by atoms with van der Waals surface area (Å²) in [4.78, 5) is 30.6. The van der Waals surface area contributed by atoms with E-state index >= 15 is 0 Å². The predicted molar refractivity (Wildman–Crippen MR) is 120 cm³/mol. The van der Waals surface area contributed by atoms with Gasteiger partial charge in [0.15, 0.2) is 0 Å². The zero-order valence-electron chi connectivity index (χ0n) is 17.6. The first-order valence-electron chi connectivity index (χ1n) is 10.5. The molecule has 1 aliphatic rings. The standard InChI is InChI=1S/C23H23ClN4O4/c1-2-31-22(29)17-5-9-19(10-6-17)25-23(30)28-13-11-16(12-14-28)21-26-20(27-32-21)15-3-7-18(24)8-4-15/h3-10,16H,2,11-14H2,1H3,(H,25,30). The smallest absolute Gasteiger partial charge is 0.338 e. The molecule has 1 N–H and O–H groups in total. The topological polar surface area (TPSA) is 97.6 Å². The van der Waals surface area contributed by atoms with E-state index in [0.29, 0.717) is 47.7 Å².